The van der Waals surface area contributed by atoms with Gasteiger partial charge >= 0.3 is 6.09 Å². The van der Waals surface area contributed by atoms with Crippen molar-refractivity contribution in [1.82, 2.24) is 14.7 Å². The molecule has 0 aliphatic carbocycles. The van der Waals surface area contributed by atoms with Gasteiger partial charge in [-0.05, 0) is 57.5 Å². The fraction of sp³-hybridized carbons (Fsp3) is 0.714. The van der Waals surface area contributed by atoms with Crippen molar-refractivity contribution in [3.63, 3.8) is 0 Å². The van der Waals surface area contributed by atoms with Gasteiger partial charge in [-0.1, -0.05) is 0 Å². The zero-order valence-electron chi connectivity index (χ0n) is 13.3. The fourth-order valence-corrected chi connectivity index (χ4v) is 2.15. The highest BCUT2D eigenvalue weighted by Crippen LogP contribution is 2.23. The minimum atomic E-state index is -0.499. The molecule has 0 saturated heterocycles. The molecule has 1 heterocycles. The van der Waals surface area contributed by atoms with E-state index in [1.165, 1.54) is 0 Å². The maximum atomic E-state index is 12.3. The molecule has 0 aromatic carbocycles. The van der Waals surface area contributed by atoms with Crippen molar-refractivity contribution in [3.05, 3.63) is 15.9 Å². The van der Waals surface area contributed by atoms with E-state index in [4.69, 9.17) is 4.74 Å². The Morgan fingerprint density at radius 3 is 2.35 bits per heavy atom. The fourth-order valence-electron chi connectivity index (χ4n) is 1.69. The molecule has 0 atom stereocenters. The van der Waals surface area contributed by atoms with E-state index in [0.29, 0.717) is 6.54 Å². The maximum Gasteiger partial charge on any atom is 0.410 e. The van der Waals surface area contributed by atoms with Crippen molar-refractivity contribution in [2.45, 2.75) is 59.7 Å². The molecular formula is C14H24BrN3O2. The number of amides is 1. The summed E-state index contributed by atoms with van der Waals surface area (Å²) in [6.45, 7) is 11.9. The number of ether oxygens (including phenoxy) is 1. The molecule has 0 bridgehead atoms. The number of nitrogens with zero attached hydrogens (tertiary/aromatic N) is 3. The lowest BCUT2D eigenvalue weighted by molar-refractivity contribution is 0.0168. The number of aryl methyl sites for hydroxylation is 1. The normalized spacial score (nSPS) is 11.8. The third-order valence-electron chi connectivity index (χ3n) is 2.90. The van der Waals surface area contributed by atoms with Crippen LogP contribution in [0.5, 0.6) is 0 Å². The molecule has 0 aliphatic heterocycles. The van der Waals surface area contributed by atoms with Crippen LogP contribution in [0.2, 0.25) is 0 Å². The molecule has 0 unspecified atom stereocenters. The number of aromatic nitrogens is 2. The summed E-state index contributed by atoms with van der Waals surface area (Å²) < 4.78 is 8.19. The van der Waals surface area contributed by atoms with Crippen molar-refractivity contribution < 1.29 is 9.53 Å². The first kappa shape index (κ1) is 17.0. The summed E-state index contributed by atoms with van der Waals surface area (Å²) in [5, 5.41) is 4.43. The van der Waals surface area contributed by atoms with E-state index in [1.807, 2.05) is 48.6 Å². The van der Waals surface area contributed by atoms with Gasteiger partial charge in [-0.2, -0.15) is 5.10 Å². The smallest absolute Gasteiger partial charge is 0.410 e. The number of hydrogen-bond donors (Lipinski definition) is 0. The zero-order valence-corrected chi connectivity index (χ0v) is 14.9. The number of carbonyl (C=O) groups is 1. The van der Waals surface area contributed by atoms with Crippen LogP contribution in [-0.2, 0) is 18.3 Å². The lowest BCUT2D eigenvalue weighted by Crippen LogP contribution is -2.40. The molecule has 114 valence electrons. The summed E-state index contributed by atoms with van der Waals surface area (Å²) in [6.07, 6.45) is -0.317. The van der Waals surface area contributed by atoms with Crippen molar-refractivity contribution in [2.75, 3.05) is 0 Å². The van der Waals surface area contributed by atoms with Gasteiger partial charge in [0.25, 0.3) is 0 Å². The topological polar surface area (TPSA) is 47.4 Å². The third-order valence-corrected chi connectivity index (χ3v) is 3.93. The molecule has 6 heteroatoms. The molecule has 0 N–H and O–H groups in total. The average molecular weight is 346 g/mol. The Bertz CT molecular complexity index is 489. The van der Waals surface area contributed by atoms with E-state index < -0.39 is 5.60 Å². The Morgan fingerprint density at radius 2 is 2.00 bits per heavy atom. The van der Waals surface area contributed by atoms with Crippen molar-refractivity contribution in [1.29, 1.82) is 0 Å². The predicted octanol–water partition coefficient (Wildman–Crippen LogP) is 3.64. The van der Waals surface area contributed by atoms with E-state index in [9.17, 15) is 4.79 Å². The van der Waals surface area contributed by atoms with Crippen LogP contribution < -0.4 is 0 Å². The van der Waals surface area contributed by atoms with Gasteiger partial charge < -0.3 is 4.74 Å². The van der Waals surface area contributed by atoms with Gasteiger partial charge in [0.15, 0.2) is 0 Å². The molecule has 0 aliphatic rings. The average Bonchev–Trinajstić information content (AvgIpc) is 2.50. The summed E-state index contributed by atoms with van der Waals surface area (Å²) >= 11 is 3.53. The molecular weight excluding hydrogens is 322 g/mol. The van der Waals surface area contributed by atoms with Gasteiger partial charge in [0.05, 0.1) is 16.7 Å². The van der Waals surface area contributed by atoms with Crippen LogP contribution in [0.15, 0.2) is 4.47 Å². The number of hydrogen-bond acceptors (Lipinski definition) is 3. The van der Waals surface area contributed by atoms with Crippen LogP contribution in [0.25, 0.3) is 0 Å². The molecule has 1 aromatic heterocycles. The van der Waals surface area contributed by atoms with Crippen molar-refractivity contribution in [2.24, 2.45) is 7.05 Å². The second-order valence-electron chi connectivity index (χ2n) is 6.17. The van der Waals surface area contributed by atoms with Gasteiger partial charge in [0.2, 0.25) is 0 Å². The van der Waals surface area contributed by atoms with Crippen LogP contribution in [0, 0.1) is 6.92 Å². The number of rotatable bonds is 3. The highest BCUT2D eigenvalue weighted by molar-refractivity contribution is 9.10. The Kier molecular flexibility index (Phi) is 5.24. The van der Waals surface area contributed by atoms with Crippen LogP contribution >= 0.6 is 15.9 Å². The molecule has 0 saturated carbocycles. The van der Waals surface area contributed by atoms with Crippen LogP contribution in [0.1, 0.15) is 46.0 Å². The first-order valence-electron chi connectivity index (χ1n) is 6.70. The first-order valence-corrected chi connectivity index (χ1v) is 7.50. The molecule has 0 radical (unpaired) electrons. The minimum Gasteiger partial charge on any atom is -0.444 e. The molecule has 0 fully saturated rings. The van der Waals surface area contributed by atoms with Crippen molar-refractivity contribution in [3.8, 4) is 0 Å². The minimum absolute atomic E-state index is 0.0408. The van der Waals surface area contributed by atoms with E-state index in [1.54, 1.807) is 9.58 Å². The van der Waals surface area contributed by atoms with Crippen LogP contribution in [-0.4, -0.2) is 32.4 Å². The Hall–Kier alpha value is -1.04. The summed E-state index contributed by atoms with van der Waals surface area (Å²) in [5.74, 6) is 0. The summed E-state index contributed by atoms with van der Waals surface area (Å²) in [5.41, 5.74) is 1.37. The van der Waals surface area contributed by atoms with Gasteiger partial charge in [0.1, 0.15) is 5.60 Å². The second kappa shape index (κ2) is 6.16. The summed E-state index contributed by atoms with van der Waals surface area (Å²) in [4.78, 5) is 13.9. The maximum absolute atomic E-state index is 12.3. The largest absolute Gasteiger partial charge is 0.444 e. The van der Waals surface area contributed by atoms with E-state index in [2.05, 4.69) is 21.0 Å². The monoisotopic (exact) mass is 345 g/mol. The van der Waals surface area contributed by atoms with E-state index in [0.717, 1.165) is 15.9 Å². The van der Waals surface area contributed by atoms with E-state index in [-0.39, 0.29) is 12.1 Å². The molecule has 1 aromatic rings. The number of carbonyl (C=O) groups excluding carboxylic acids is 1. The quantitative estimate of drug-likeness (QED) is 0.840. The Labute approximate surface area is 129 Å². The lowest BCUT2D eigenvalue weighted by Gasteiger charge is -2.29. The summed E-state index contributed by atoms with van der Waals surface area (Å²) in [6, 6.07) is 0.0408. The van der Waals surface area contributed by atoms with Gasteiger partial charge in [-0.3, -0.25) is 9.58 Å². The number of halogens is 1. The predicted molar refractivity (Wildman–Crippen MR) is 82.6 cm³/mol. The lowest BCUT2D eigenvalue weighted by atomic mass is 10.2. The SMILES string of the molecule is Cc1c(Br)c(CN(C(=O)OC(C)(C)C)C(C)C)nn1C. The zero-order chi connectivity index (χ0) is 15.7. The van der Waals surface area contributed by atoms with Gasteiger partial charge in [-0.15, -0.1) is 0 Å². The second-order valence-corrected chi connectivity index (χ2v) is 6.96. The molecule has 1 rings (SSSR count). The molecule has 20 heavy (non-hydrogen) atoms. The standard InChI is InChI=1S/C14H24BrN3O2/c1-9(2)18(13(19)20-14(4,5)6)8-11-12(15)10(3)17(7)16-11/h9H,8H2,1-7H3. The molecule has 1 amide bonds. The van der Waals surface area contributed by atoms with Crippen LogP contribution in [0.3, 0.4) is 0 Å². The van der Waals surface area contributed by atoms with Crippen LogP contribution in [0.4, 0.5) is 4.79 Å². The van der Waals surface area contributed by atoms with Gasteiger partial charge in [0, 0.05) is 18.8 Å². The van der Waals surface area contributed by atoms with Crippen molar-refractivity contribution >= 4 is 22.0 Å². The highest BCUT2D eigenvalue weighted by Gasteiger charge is 2.26. The molecule has 0 spiro atoms. The Morgan fingerprint density at radius 1 is 1.45 bits per heavy atom. The van der Waals surface area contributed by atoms with Gasteiger partial charge in [-0.25, -0.2) is 4.79 Å². The molecule has 5 nitrogen and oxygen atoms in total. The first-order chi connectivity index (χ1) is 9.03. The highest BCUT2D eigenvalue weighted by atomic mass is 79.9. The van der Waals surface area contributed by atoms with E-state index >= 15 is 0 Å². The summed E-state index contributed by atoms with van der Waals surface area (Å²) in [7, 11) is 1.89. The third kappa shape index (κ3) is 4.23. The Balaban J connectivity index is 2.93.